The lowest BCUT2D eigenvalue weighted by Crippen LogP contribution is -2.37. The van der Waals surface area contributed by atoms with Gasteiger partial charge in [-0.1, -0.05) is 6.92 Å². The Balaban J connectivity index is 1.40. The second kappa shape index (κ2) is 6.87. The highest BCUT2D eigenvalue weighted by Crippen LogP contribution is 2.54. The van der Waals surface area contributed by atoms with Crippen LogP contribution in [-0.4, -0.2) is 61.9 Å². The summed E-state index contributed by atoms with van der Waals surface area (Å²) in [6, 6.07) is 4.63. The van der Waals surface area contributed by atoms with E-state index in [1.54, 1.807) is 15.6 Å². The minimum absolute atomic E-state index is 0.0389. The van der Waals surface area contributed by atoms with Crippen molar-refractivity contribution in [1.82, 2.24) is 29.3 Å². The van der Waals surface area contributed by atoms with Gasteiger partial charge in [0.1, 0.15) is 10.9 Å². The van der Waals surface area contributed by atoms with Gasteiger partial charge < -0.3 is 4.90 Å². The minimum Gasteiger partial charge on any atom is -0.304 e. The van der Waals surface area contributed by atoms with E-state index >= 15 is 0 Å². The molecule has 0 spiro atoms. The van der Waals surface area contributed by atoms with E-state index in [0.717, 1.165) is 49.1 Å². The van der Waals surface area contributed by atoms with Crippen LogP contribution < -0.4 is 4.90 Å². The normalized spacial score (nSPS) is 28.7. The van der Waals surface area contributed by atoms with Gasteiger partial charge in [-0.15, -0.1) is 0 Å². The maximum Gasteiger partial charge on any atom is 0.249 e. The Hall–Kier alpha value is -3.25. The molecule has 5 heterocycles. The second-order valence-electron chi connectivity index (χ2n) is 9.60. The van der Waals surface area contributed by atoms with E-state index in [0.29, 0.717) is 18.4 Å². The predicted molar refractivity (Wildman–Crippen MR) is 118 cm³/mol. The average molecular weight is 431 g/mol. The van der Waals surface area contributed by atoms with Crippen molar-refractivity contribution in [3.63, 3.8) is 0 Å². The van der Waals surface area contributed by atoms with Gasteiger partial charge in [-0.25, -0.2) is 9.50 Å². The van der Waals surface area contributed by atoms with Crippen LogP contribution in [0.1, 0.15) is 32.2 Å². The second-order valence-corrected chi connectivity index (χ2v) is 9.60. The van der Waals surface area contributed by atoms with Crippen molar-refractivity contribution in [2.45, 2.75) is 32.2 Å². The van der Waals surface area contributed by atoms with Crippen molar-refractivity contribution in [1.29, 1.82) is 5.26 Å². The van der Waals surface area contributed by atoms with Gasteiger partial charge in [0, 0.05) is 30.8 Å². The molecular weight excluding hydrogens is 404 g/mol. The summed E-state index contributed by atoms with van der Waals surface area (Å²) >= 11 is 0. The van der Waals surface area contributed by atoms with Crippen molar-refractivity contribution in [2.75, 3.05) is 31.6 Å². The van der Waals surface area contributed by atoms with E-state index < -0.39 is 5.41 Å². The van der Waals surface area contributed by atoms with Crippen LogP contribution in [0.25, 0.3) is 16.8 Å². The Bertz CT molecular complexity index is 1250. The van der Waals surface area contributed by atoms with Crippen LogP contribution in [-0.2, 0) is 4.79 Å². The highest BCUT2D eigenvalue weighted by Gasteiger charge is 2.61. The van der Waals surface area contributed by atoms with E-state index in [1.807, 2.05) is 36.3 Å². The van der Waals surface area contributed by atoms with Crippen molar-refractivity contribution in [3.8, 4) is 17.3 Å². The molecule has 2 aliphatic heterocycles. The molecule has 9 heteroatoms. The van der Waals surface area contributed by atoms with Crippen molar-refractivity contribution in [3.05, 3.63) is 30.9 Å². The summed E-state index contributed by atoms with van der Waals surface area (Å²) in [5.41, 5.74) is 1.44. The zero-order valence-electron chi connectivity index (χ0n) is 18.3. The van der Waals surface area contributed by atoms with Gasteiger partial charge in [-0.2, -0.15) is 15.5 Å². The molecule has 6 rings (SSSR count). The summed E-state index contributed by atoms with van der Waals surface area (Å²) in [5.74, 6) is 0.574. The number of fused-ring (bicyclic) bond motifs is 1. The highest BCUT2D eigenvalue weighted by molar-refractivity contribution is 6.04. The summed E-state index contributed by atoms with van der Waals surface area (Å²) in [6.45, 7) is 4.56. The molecule has 3 fully saturated rings. The summed E-state index contributed by atoms with van der Waals surface area (Å²) in [5, 5.41) is 19.0. The van der Waals surface area contributed by atoms with Gasteiger partial charge in [-0.05, 0) is 44.8 Å². The van der Waals surface area contributed by atoms with Crippen LogP contribution in [0.15, 0.2) is 30.9 Å². The Morgan fingerprint density at radius 3 is 2.75 bits per heavy atom. The number of hydrogen-bond acceptors (Lipinski definition) is 6. The zero-order chi connectivity index (χ0) is 22.0. The molecule has 9 nitrogen and oxygen atoms in total. The number of aromatic nitrogens is 5. The van der Waals surface area contributed by atoms with Gasteiger partial charge in [0.15, 0.2) is 5.82 Å². The number of rotatable bonds is 4. The third-order valence-electron chi connectivity index (χ3n) is 7.50. The van der Waals surface area contributed by atoms with E-state index in [4.69, 9.17) is 4.98 Å². The molecule has 1 saturated carbocycles. The van der Waals surface area contributed by atoms with E-state index in [-0.39, 0.29) is 17.7 Å². The zero-order valence-corrected chi connectivity index (χ0v) is 18.3. The van der Waals surface area contributed by atoms with Crippen molar-refractivity contribution in [2.24, 2.45) is 17.3 Å². The van der Waals surface area contributed by atoms with E-state index in [2.05, 4.69) is 28.2 Å². The largest absolute Gasteiger partial charge is 0.304 e. The molecule has 0 aromatic carbocycles. The first-order valence-electron chi connectivity index (χ1n) is 11.3. The van der Waals surface area contributed by atoms with Crippen molar-refractivity contribution < 1.29 is 4.79 Å². The van der Waals surface area contributed by atoms with Crippen LogP contribution in [0.3, 0.4) is 0 Å². The molecule has 1 unspecified atom stereocenters. The third-order valence-corrected chi connectivity index (χ3v) is 7.50. The standard InChI is InChI=1S/C23H26N8O/c1-15-10-29(22(32)23(15,14-24)17-3-4-17)21-20-5-7-25-31(20)13-19(27-21)16-9-26-30(11-16)18-6-8-28(2)12-18/h5,7,9,11,13,15,17-18H,3-4,6,8,10,12H2,1-2H3/t15-,18?,23+/m1/s1. The number of nitrogens with zero attached hydrogens (tertiary/aromatic N) is 8. The first-order valence-corrected chi connectivity index (χ1v) is 11.3. The van der Waals surface area contributed by atoms with Crippen LogP contribution in [0, 0.1) is 28.6 Å². The molecule has 32 heavy (non-hydrogen) atoms. The third kappa shape index (κ3) is 2.72. The monoisotopic (exact) mass is 430 g/mol. The number of nitriles is 1. The van der Waals surface area contributed by atoms with Gasteiger partial charge >= 0.3 is 0 Å². The number of hydrogen-bond donors (Lipinski definition) is 0. The smallest absolute Gasteiger partial charge is 0.249 e. The molecule has 3 aliphatic rings. The molecular formula is C23H26N8O. The van der Waals surface area contributed by atoms with Gasteiger partial charge in [0.05, 0.1) is 36.4 Å². The lowest BCUT2D eigenvalue weighted by atomic mass is 9.75. The summed E-state index contributed by atoms with van der Waals surface area (Å²) in [6.07, 6.45) is 10.4. The van der Waals surface area contributed by atoms with Crippen molar-refractivity contribution >= 4 is 17.2 Å². The number of amides is 1. The molecule has 3 aromatic rings. The molecule has 164 valence electrons. The molecule has 0 N–H and O–H groups in total. The molecule has 2 saturated heterocycles. The van der Waals surface area contributed by atoms with Gasteiger partial charge in [-0.3, -0.25) is 14.4 Å². The SMILES string of the molecule is C[C@@H]1CN(c2nc(-c3cnn(C4CCN(C)C4)c3)cn3nccc23)C(=O)[C@]1(C#N)C1CC1. The predicted octanol–water partition coefficient (Wildman–Crippen LogP) is 2.37. The molecule has 3 atom stereocenters. The van der Waals surface area contributed by atoms with E-state index in [9.17, 15) is 10.1 Å². The maximum atomic E-state index is 13.6. The van der Waals surface area contributed by atoms with Crippen LogP contribution in [0.5, 0.6) is 0 Å². The summed E-state index contributed by atoms with van der Waals surface area (Å²) in [7, 11) is 2.13. The molecule has 0 radical (unpaired) electrons. The quantitative estimate of drug-likeness (QED) is 0.631. The maximum absolute atomic E-state index is 13.6. The summed E-state index contributed by atoms with van der Waals surface area (Å²) < 4.78 is 3.78. The Labute approximate surface area is 186 Å². The van der Waals surface area contributed by atoms with Gasteiger partial charge in [0.25, 0.3) is 0 Å². The fourth-order valence-electron chi connectivity index (χ4n) is 5.53. The highest BCUT2D eigenvalue weighted by atomic mass is 16.2. The van der Waals surface area contributed by atoms with Crippen LogP contribution in [0.4, 0.5) is 5.82 Å². The Morgan fingerprint density at radius 2 is 2.03 bits per heavy atom. The molecule has 1 aliphatic carbocycles. The fraction of sp³-hybridized carbons (Fsp3) is 0.522. The first kappa shape index (κ1) is 19.4. The first-order chi connectivity index (χ1) is 15.5. The molecule has 1 amide bonds. The lowest BCUT2D eigenvalue weighted by Gasteiger charge is -2.23. The molecule has 3 aromatic heterocycles. The minimum atomic E-state index is -0.936. The van der Waals surface area contributed by atoms with E-state index in [1.165, 1.54) is 0 Å². The number of likely N-dealkylation sites (tertiary alicyclic amines) is 1. The van der Waals surface area contributed by atoms with Crippen LogP contribution in [0.2, 0.25) is 0 Å². The topological polar surface area (TPSA) is 95.3 Å². The summed E-state index contributed by atoms with van der Waals surface area (Å²) in [4.78, 5) is 22.5. The number of carbonyl (C=O) groups is 1. The number of carbonyl (C=O) groups excluding carboxylic acids is 1. The number of likely N-dealkylation sites (N-methyl/N-ethyl adjacent to an activating group) is 1. The number of anilines is 1. The van der Waals surface area contributed by atoms with Crippen LogP contribution >= 0.6 is 0 Å². The lowest BCUT2D eigenvalue weighted by molar-refractivity contribution is -0.124. The van der Waals surface area contributed by atoms with Gasteiger partial charge in [0.2, 0.25) is 5.91 Å². The molecule has 0 bridgehead atoms. The Morgan fingerprint density at radius 1 is 1.19 bits per heavy atom. The Kier molecular flexibility index (Phi) is 4.17. The fourth-order valence-corrected chi connectivity index (χ4v) is 5.53. The average Bonchev–Trinajstić information content (AvgIpc) is 3.15.